The number of hydrogen-bond acceptors (Lipinski definition) is 2. The average Bonchev–Trinajstić information content (AvgIpc) is 2.54. The molecular weight excluding hydrogens is 290 g/mol. The summed E-state index contributed by atoms with van der Waals surface area (Å²) in [6.45, 7) is 4.09. The van der Waals surface area contributed by atoms with Gasteiger partial charge in [-0.05, 0) is 37.3 Å². The van der Waals surface area contributed by atoms with Gasteiger partial charge >= 0.3 is 5.97 Å². The summed E-state index contributed by atoms with van der Waals surface area (Å²) in [6.07, 6.45) is 8.12. The molecule has 1 aromatic carbocycles. The van der Waals surface area contributed by atoms with Crippen LogP contribution in [0.4, 0.5) is 0 Å². The van der Waals surface area contributed by atoms with Crippen molar-refractivity contribution in [1.82, 2.24) is 4.98 Å². The Labute approximate surface area is 135 Å². The number of para-hydroxylation sites is 1. The van der Waals surface area contributed by atoms with E-state index < -0.39 is 11.4 Å². The van der Waals surface area contributed by atoms with E-state index in [2.05, 4.69) is 24.1 Å². The number of nitrogens with one attached hydrogen (secondary N) is 1. The van der Waals surface area contributed by atoms with Crippen molar-refractivity contribution in [3.8, 4) is 0 Å². The van der Waals surface area contributed by atoms with E-state index in [1.807, 2.05) is 13.0 Å². The monoisotopic (exact) mass is 313 g/mol. The van der Waals surface area contributed by atoms with Gasteiger partial charge in [-0.25, -0.2) is 4.79 Å². The number of benzene rings is 1. The summed E-state index contributed by atoms with van der Waals surface area (Å²) in [5.74, 6) is -1.19. The van der Waals surface area contributed by atoms with Gasteiger partial charge in [0, 0.05) is 16.6 Å². The first-order chi connectivity index (χ1) is 11.1. The molecule has 0 fully saturated rings. The fourth-order valence-electron chi connectivity index (χ4n) is 2.73. The van der Waals surface area contributed by atoms with Gasteiger partial charge in [-0.1, -0.05) is 44.6 Å². The van der Waals surface area contributed by atoms with E-state index in [0.717, 1.165) is 25.7 Å². The second kappa shape index (κ2) is 7.77. The van der Waals surface area contributed by atoms with Crippen LogP contribution in [0.2, 0.25) is 0 Å². The van der Waals surface area contributed by atoms with Crippen LogP contribution < -0.4 is 5.43 Å². The minimum Gasteiger partial charge on any atom is -0.477 e. The topological polar surface area (TPSA) is 70.2 Å². The first kappa shape index (κ1) is 17.0. The lowest BCUT2D eigenvalue weighted by Gasteiger charge is -2.15. The maximum absolute atomic E-state index is 12.5. The Hall–Kier alpha value is -2.36. The molecule has 1 heterocycles. The van der Waals surface area contributed by atoms with Gasteiger partial charge in [-0.2, -0.15) is 0 Å². The Morgan fingerprint density at radius 3 is 2.65 bits per heavy atom. The quantitative estimate of drug-likeness (QED) is 0.741. The third kappa shape index (κ3) is 3.89. The van der Waals surface area contributed by atoms with Crippen LogP contribution in [0.1, 0.15) is 61.5 Å². The molecule has 0 aliphatic heterocycles. The van der Waals surface area contributed by atoms with Crippen molar-refractivity contribution in [2.45, 2.75) is 45.4 Å². The smallest absolute Gasteiger partial charge is 0.341 e. The minimum atomic E-state index is -1.17. The lowest BCUT2D eigenvalue weighted by atomic mass is 9.95. The summed E-state index contributed by atoms with van der Waals surface area (Å²) in [5, 5.41) is 9.88. The Kier molecular flexibility index (Phi) is 5.74. The van der Waals surface area contributed by atoms with E-state index in [-0.39, 0.29) is 11.5 Å². The van der Waals surface area contributed by atoms with Crippen molar-refractivity contribution in [3.63, 3.8) is 0 Å². The van der Waals surface area contributed by atoms with E-state index in [9.17, 15) is 14.7 Å². The van der Waals surface area contributed by atoms with Gasteiger partial charge in [0.1, 0.15) is 5.56 Å². The van der Waals surface area contributed by atoms with Crippen LogP contribution in [0, 0.1) is 0 Å². The van der Waals surface area contributed by atoms with Gasteiger partial charge in [-0.15, -0.1) is 0 Å². The highest BCUT2D eigenvalue weighted by atomic mass is 16.4. The Balaban J connectivity index is 2.36. The molecule has 0 bridgehead atoms. The second-order valence-corrected chi connectivity index (χ2v) is 5.83. The fourth-order valence-corrected chi connectivity index (χ4v) is 2.73. The van der Waals surface area contributed by atoms with Crippen molar-refractivity contribution in [1.29, 1.82) is 0 Å². The zero-order valence-corrected chi connectivity index (χ0v) is 13.6. The minimum absolute atomic E-state index is 0.0234. The number of allylic oxidation sites excluding steroid dienone is 2. The number of H-pyrrole nitrogens is 1. The van der Waals surface area contributed by atoms with Crippen molar-refractivity contribution in [2.75, 3.05) is 0 Å². The maximum Gasteiger partial charge on any atom is 0.341 e. The summed E-state index contributed by atoms with van der Waals surface area (Å²) >= 11 is 0. The zero-order valence-electron chi connectivity index (χ0n) is 13.6. The number of aromatic carboxylic acids is 1. The number of carboxylic acids is 1. The zero-order chi connectivity index (χ0) is 16.8. The normalized spacial score (nSPS) is 12.8. The number of aromatic amines is 1. The third-order valence-corrected chi connectivity index (χ3v) is 4.03. The molecule has 1 unspecified atom stereocenters. The van der Waals surface area contributed by atoms with Crippen molar-refractivity contribution in [3.05, 3.63) is 57.9 Å². The lowest BCUT2D eigenvalue weighted by Crippen LogP contribution is -2.21. The molecule has 0 aliphatic rings. The van der Waals surface area contributed by atoms with E-state index in [1.165, 1.54) is 0 Å². The molecule has 0 aliphatic carbocycles. The number of fused-ring (bicyclic) bond motifs is 1. The van der Waals surface area contributed by atoms with Crippen LogP contribution in [0.15, 0.2) is 41.2 Å². The first-order valence-corrected chi connectivity index (χ1v) is 8.09. The molecule has 0 saturated heterocycles. The van der Waals surface area contributed by atoms with Crippen molar-refractivity contribution >= 4 is 16.9 Å². The number of unbranched alkanes of at least 4 members (excludes halogenated alkanes) is 1. The molecule has 122 valence electrons. The van der Waals surface area contributed by atoms with Crippen LogP contribution >= 0.6 is 0 Å². The molecule has 0 spiro atoms. The van der Waals surface area contributed by atoms with Crippen molar-refractivity contribution in [2.24, 2.45) is 0 Å². The van der Waals surface area contributed by atoms with Gasteiger partial charge in [0.2, 0.25) is 5.43 Å². The molecule has 0 amide bonds. The largest absolute Gasteiger partial charge is 0.477 e. The molecule has 2 N–H and O–H groups in total. The molecule has 0 saturated carbocycles. The molecule has 23 heavy (non-hydrogen) atoms. The highest BCUT2D eigenvalue weighted by molar-refractivity contribution is 5.94. The highest BCUT2D eigenvalue weighted by Crippen LogP contribution is 2.23. The van der Waals surface area contributed by atoms with E-state index >= 15 is 0 Å². The van der Waals surface area contributed by atoms with Crippen LogP contribution in [0.25, 0.3) is 10.9 Å². The molecule has 0 radical (unpaired) electrons. The summed E-state index contributed by atoms with van der Waals surface area (Å²) in [4.78, 5) is 27.2. The fraction of sp³-hybridized carbons (Fsp3) is 0.368. The van der Waals surface area contributed by atoms with Crippen LogP contribution in [0.3, 0.4) is 0 Å². The number of aromatic nitrogens is 1. The van der Waals surface area contributed by atoms with Crippen molar-refractivity contribution < 1.29 is 9.90 Å². The Morgan fingerprint density at radius 1 is 1.26 bits per heavy atom. The number of pyridine rings is 1. The molecule has 1 atom stereocenters. The number of hydrogen-bond donors (Lipinski definition) is 2. The van der Waals surface area contributed by atoms with Gasteiger partial charge in [0.05, 0.1) is 0 Å². The van der Waals surface area contributed by atoms with Crippen LogP contribution in [-0.2, 0) is 0 Å². The SMILES string of the molecule is CCC/C=C/CCC(C)c1[nH]c2ccccc2c(=O)c1C(=O)O. The average molecular weight is 313 g/mol. The molecule has 4 nitrogen and oxygen atoms in total. The van der Waals surface area contributed by atoms with E-state index in [0.29, 0.717) is 16.6 Å². The Bertz CT molecular complexity index is 774. The Morgan fingerprint density at radius 2 is 1.96 bits per heavy atom. The summed E-state index contributed by atoms with van der Waals surface area (Å²) in [5.41, 5.74) is 0.667. The molecule has 4 heteroatoms. The maximum atomic E-state index is 12.5. The molecule has 1 aromatic heterocycles. The summed E-state index contributed by atoms with van der Waals surface area (Å²) < 4.78 is 0. The van der Waals surface area contributed by atoms with E-state index in [1.54, 1.807) is 18.2 Å². The number of rotatable bonds is 7. The van der Waals surface area contributed by atoms with Crippen LogP contribution in [0.5, 0.6) is 0 Å². The molecule has 2 aromatic rings. The van der Waals surface area contributed by atoms with E-state index in [4.69, 9.17) is 0 Å². The van der Waals surface area contributed by atoms with Gasteiger partial charge in [0.25, 0.3) is 0 Å². The van der Waals surface area contributed by atoms with Gasteiger partial charge in [-0.3, -0.25) is 4.79 Å². The predicted molar refractivity (Wildman–Crippen MR) is 93.2 cm³/mol. The lowest BCUT2D eigenvalue weighted by molar-refractivity contribution is 0.0693. The molecular formula is C19H23NO3. The standard InChI is InChI=1S/C19H23NO3/c1-3-4-5-6-7-10-13(2)17-16(19(22)23)18(21)14-11-8-9-12-15(14)20-17/h5-6,8-9,11-13H,3-4,7,10H2,1-2H3,(H,20,21)(H,22,23)/b6-5+. The predicted octanol–water partition coefficient (Wildman–Crippen LogP) is 4.47. The van der Waals surface area contributed by atoms with Crippen LogP contribution in [-0.4, -0.2) is 16.1 Å². The number of carbonyl (C=O) groups is 1. The molecule has 2 rings (SSSR count). The second-order valence-electron chi connectivity index (χ2n) is 5.83. The van der Waals surface area contributed by atoms with Gasteiger partial charge in [0.15, 0.2) is 0 Å². The third-order valence-electron chi connectivity index (χ3n) is 4.03. The summed E-state index contributed by atoms with van der Waals surface area (Å²) in [6, 6.07) is 7.04. The summed E-state index contributed by atoms with van der Waals surface area (Å²) in [7, 11) is 0. The highest BCUT2D eigenvalue weighted by Gasteiger charge is 2.21. The van der Waals surface area contributed by atoms with Gasteiger partial charge < -0.3 is 10.1 Å². The first-order valence-electron chi connectivity index (χ1n) is 8.09. The number of carboxylic acid groups (broad SMARTS) is 1.